The monoisotopic (exact) mass is 800 g/mol. The van der Waals surface area contributed by atoms with Gasteiger partial charge in [-0.3, -0.25) is 4.79 Å². The van der Waals surface area contributed by atoms with Gasteiger partial charge >= 0.3 is 0 Å². The molecule has 0 rings (SSSR count). The highest BCUT2D eigenvalue weighted by molar-refractivity contribution is 7.94. The van der Waals surface area contributed by atoms with Crippen LogP contribution in [0.15, 0.2) is 0 Å². The molecule has 0 radical (unpaired) electrons. The molecule has 0 saturated heterocycles. The topological polar surface area (TPSA) is 78.8 Å². The third-order valence-corrected chi connectivity index (χ3v) is 12.7. The van der Waals surface area contributed by atoms with Crippen molar-refractivity contribution >= 4 is 17.9 Å². The number of amides is 1. The molecule has 55 heavy (non-hydrogen) atoms. The third kappa shape index (κ3) is 36.5. The fourth-order valence-electron chi connectivity index (χ4n) is 7.93. The SMILES string of the molecule is CCCCCCCCCCCCCC[N+](C)(CCCCCCCCCCCCCC)CCCSOCC(CO)(CO)NC(=O)CCCCCCCCCCC. The highest BCUT2D eigenvalue weighted by atomic mass is 32.2. The van der Waals surface area contributed by atoms with Crippen molar-refractivity contribution in [2.24, 2.45) is 0 Å². The Labute approximate surface area is 349 Å². The van der Waals surface area contributed by atoms with Gasteiger partial charge in [-0.05, 0) is 44.1 Å². The average molecular weight is 800 g/mol. The number of nitrogens with one attached hydrogen (secondary N) is 1. The molecule has 0 unspecified atom stereocenters. The van der Waals surface area contributed by atoms with Crippen molar-refractivity contribution in [1.29, 1.82) is 0 Å². The fraction of sp³-hybridized carbons (Fsp3) is 0.979. The molecule has 0 aromatic heterocycles. The first-order valence-corrected chi connectivity index (χ1v) is 25.4. The molecular formula is C48H99N2O4S+. The van der Waals surface area contributed by atoms with Gasteiger partial charge in [0.25, 0.3) is 0 Å². The Balaban J connectivity index is 4.51. The fourth-order valence-corrected chi connectivity index (χ4v) is 8.61. The van der Waals surface area contributed by atoms with Gasteiger partial charge in [0.15, 0.2) is 0 Å². The smallest absolute Gasteiger partial charge is 0.220 e. The van der Waals surface area contributed by atoms with Crippen LogP contribution >= 0.6 is 12.0 Å². The van der Waals surface area contributed by atoms with Crippen LogP contribution in [-0.2, 0) is 8.98 Å². The minimum Gasteiger partial charge on any atom is -0.394 e. The van der Waals surface area contributed by atoms with E-state index in [1.807, 2.05) is 0 Å². The summed E-state index contributed by atoms with van der Waals surface area (Å²) >= 11 is 1.42. The van der Waals surface area contributed by atoms with E-state index in [4.69, 9.17) is 4.18 Å². The first-order valence-electron chi connectivity index (χ1n) is 24.5. The zero-order valence-corrected chi connectivity index (χ0v) is 38.6. The molecule has 0 atom stereocenters. The minimum atomic E-state index is -1.13. The lowest BCUT2D eigenvalue weighted by Gasteiger charge is -2.35. The van der Waals surface area contributed by atoms with Crippen molar-refractivity contribution in [3.05, 3.63) is 0 Å². The molecule has 0 bridgehead atoms. The molecule has 330 valence electrons. The first kappa shape index (κ1) is 54.7. The predicted octanol–water partition coefficient (Wildman–Crippen LogP) is 13.7. The number of unbranched alkanes of at least 4 members (excludes halogenated alkanes) is 30. The molecule has 0 aromatic rings. The molecule has 0 aromatic carbocycles. The number of hydrogen-bond donors (Lipinski definition) is 3. The number of rotatable bonds is 46. The Bertz CT molecular complexity index is 753. The Kier molecular flexibility index (Phi) is 41.5. The highest BCUT2D eigenvalue weighted by Crippen LogP contribution is 2.19. The van der Waals surface area contributed by atoms with Crippen molar-refractivity contribution < 1.29 is 23.7 Å². The van der Waals surface area contributed by atoms with Gasteiger partial charge in [0.1, 0.15) is 5.54 Å². The van der Waals surface area contributed by atoms with Crippen molar-refractivity contribution in [2.75, 3.05) is 52.3 Å². The molecule has 0 saturated carbocycles. The van der Waals surface area contributed by atoms with Crippen molar-refractivity contribution in [3.8, 4) is 0 Å². The summed E-state index contributed by atoms with van der Waals surface area (Å²) < 4.78 is 7.08. The lowest BCUT2D eigenvalue weighted by molar-refractivity contribution is -0.910. The van der Waals surface area contributed by atoms with Crippen LogP contribution in [0.1, 0.15) is 245 Å². The highest BCUT2D eigenvalue weighted by Gasteiger charge is 2.31. The molecule has 0 aliphatic heterocycles. The molecule has 7 heteroatoms. The second-order valence-corrected chi connectivity index (χ2v) is 18.6. The maximum atomic E-state index is 12.7. The van der Waals surface area contributed by atoms with Crippen LogP contribution in [0.2, 0.25) is 0 Å². The number of nitrogens with zero attached hydrogens (tertiary/aromatic N) is 1. The summed E-state index contributed by atoms with van der Waals surface area (Å²) in [6.07, 6.45) is 45.8. The van der Waals surface area contributed by atoms with Gasteiger partial charge < -0.3 is 24.2 Å². The molecule has 0 fully saturated rings. The zero-order valence-electron chi connectivity index (χ0n) is 37.8. The van der Waals surface area contributed by atoms with E-state index in [1.54, 1.807) is 0 Å². The van der Waals surface area contributed by atoms with Crippen molar-refractivity contribution in [1.82, 2.24) is 5.32 Å². The van der Waals surface area contributed by atoms with Gasteiger partial charge in [-0.1, -0.05) is 201 Å². The van der Waals surface area contributed by atoms with Crippen molar-refractivity contribution in [2.45, 2.75) is 251 Å². The summed E-state index contributed by atoms with van der Waals surface area (Å²) in [6.45, 7) is 9.98. The van der Waals surface area contributed by atoms with Crippen LogP contribution in [0.5, 0.6) is 0 Å². The lowest BCUT2D eigenvalue weighted by Crippen LogP contribution is -2.57. The molecule has 6 nitrogen and oxygen atoms in total. The summed E-state index contributed by atoms with van der Waals surface area (Å²) in [4.78, 5) is 12.7. The normalized spacial score (nSPS) is 12.2. The zero-order chi connectivity index (χ0) is 40.4. The van der Waals surface area contributed by atoms with E-state index < -0.39 is 5.54 Å². The van der Waals surface area contributed by atoms with Crippen molar-refractivity contribution in [3.63, 3.8) is 0 Å². The van der Waals surface area contributed by atoms with Crippen LogP contribution in [0.3, 0.4) is 0 Å². The lowest BCUT2D eigenvalue weighted by atomic mass is 10.0. The standard InChI is InChI=1S/C48H98N2O4S/c1-5-8-11-14-17-20-22-24-27-30-33-36-40-50(4,41-37-34-31-28-25-23-21-18-15-12-9-6-2)42-38-43-55-54-46-48(44-51,45-52)49-47(53)39-35-32-29-26-19-16-13-10-7-3/h51-52H,5-46H2,1-4H3/p+1. The van der Waals surface area contributed by atoms with Gasteiger partial charge in [-0.25, -0.2) is 0 Å². The van der Waals surface area contributed by atoms with Gasteiger partial charge in [-0.15, -0.1) is 0 Å². The van der Waals surface area contributed by atoms with Gasteiger partial charge in [0.2, 0.25) is 5.91 Å². The average Bonchev–Trinajstić information content (AvgIpc) is 3.19. The molecule has 0 heterocycles. The van der Waals surface area contributed by atoms with E-state index in [9.17, 15) is 15.0 Å². The quantitative estimate of drug-likeness (QED) is 0.0325. The molecule has 0 spiro atoms. The Morgan fingerprint density at radius 3 is 1.15 bits per heavy atom. The van der Waals surface area contributed by atoms with Crippen LogP contribution in [0, 0.1) is 0 Å². The Morgan fingerprint density at radius 2 is 0.800 bits per heavy atom. The van der Waals surface area contributed by atoms with E-state index in [0.29, 0.717) is 6.42 Å². The Morgan fingerprint density at radius 1 is 0.491 bits per heavy atom. The number of carbonyl (C=O) groups excluding carboxylic acids is 1. The summed E-state index contributed by atoms with van der Waals surface area (Å²) in [7, 11) is 2.48. The summed E-state index contributed by atoms with van der Waals surface area (Å²) in [5.74, 6) is 0.771. The molecular weight excluding hydrogens is 701 g/mol. The summed E-state index contributed by atoms with van der Waals surface area (Å²) in [6, 6.07) is 0. The second kappa shape index (κ2) is 41.8. The molecule has 0 aliphatic carbocycles. The van der Waals surface area contributed by atoms with E-state index in [0.717, 1.165) is 36.0 Å². The predicted molar refractivity (Wildman–Crippen MR) is 243 cm³/mol. The van der Waals surface area contributed by atoms with Crippen LogP contribution in [0.25, 0.3) is 0 Å². The van der Waals surface area contributed by atoms with Crippen LogP contribution in [-0.4, -0.2) is 78.4 Å². The maximum absolute atomic E-state index is 12.7. The summed E-state index contributed by atoms with van der Waals surface area (Å²) in [5, 5.41) is 23.1. The van der Waals surface area contributed by atoms with Crippen LogP contribution < -0.4 is 5.32 Å². The largest absolute Gasteiger partial charge is 0.394 e. The van der Waals surface area contributed by atoms with E-state index >= 15 is 0 Å². The molecule has 3 N–H and O–H groups in total. The van der Waals surface area contributed by atoms with E-state index in [2.05, 4.69) is 33.1 Å². The third-order valence-electron chi connectivity index (χ3n) is 12.0. The van der Waals surface area contributed by atoms with Crippen LogP contribution in [0.4, 0.5) is 0 Å². The first-order chi connectivity index (χ1) is 26.9. The molecule has 1 amide bonds. The minimum absolute atomic E-state index is 0.108. The number of hydrogen-bond acceptors (Lipinski definition) is 5. The Hall–Kier alpha value is -0.340. The second-order valence-electron chi connectivity index (χ2n) is 17.7. The van der Waals surface area contributed by atoms with E-state index in [1.165, 1.54) is 224 Å². The number of aliphatic hydroxyl groups is 2. The summed E-state index contributed by atoms with van der Waals surface area (Å²) in [5.41, 5.74) is -1.13. The van der Waals surface area contributed by atoms with Gasteiger partial charge in [0, 0.05) is 18.6 Å². The number of carbonyl (C=O) groups is 1. The van der Waals surface area contributed by atoms with Gasteiger partial charge in [-0.2, -0.15) is 0 Å². The maximum Gasteiger partial charge on any atom is 0.220 e. The number of aliphatic hydroxyl groups excluding tert-OH is 2. The molecule has 0 aliphatic rings. The van der Waals surface area contributed by atoms with Gasteiger partial charge in [0.05, 0.1) is 46.5 Å². The number of quaternary nitrogens is 1. The van der Waals surface area contributed by atoms with E-state index in [-0.39, 0.29) is 25.7 Å².